The summed E-state index contributed by atoms with van der Waals surface area (Å²) in [7, 11) is 1.65. The molecule has 27 heavy (non-hydrogen) atoms. The first-order valence-electron chi connectivity index (χ1n) is 8.97. The molecule has 0 radical (unpaired) electrons. The molecule has 0 aliphatic carbocycles. The van der Waals surface area contributed by atoms with Crippen molar-refractivity contribution in [2.75, 3.05) is 19.0 Å². The van der Waals surface area contributed by atoms with Gasteiger partial charge in [0.1, 0.15) is 5.75 Å². The van der Waals surface area contributed by atoms with E-state index in [1.54, 1.807) is 26.2 Å². The molecule has 2 aromatic rings. The zero-order valence-electron chi connectivity index (χ0n) is 16.2. The summed E-state index contributed by atoms with van der Waals surface area (Å²) < 4.78 is 10.3. The Morgan fingerprint density at radius 3 is 2.44 bits per heavy atom. The number of rotatable bonds is 7. The van der Waals surface area contributed by atoms with Gasteiger partial charge >= 0.3 is 5.97 Å². The van der Waals surface area contributed by atoms with Crippen molar-refractivity contribution in [2.24, 2.45) is 0 Å². The predicted octanol–water partition coefficient (Wildman–Crippen LogP) is 4.62. The highest BCUT2D eigenvalue weighted by molar-refractivity contribution is 7.80. The summed E-state index contributed by atoms with van der Waals surface area (Å²) in [5.74, 6) is 0.477. The average Bonchev–Trinajstić information content (AvgIpc) is 2.68. The standard InChI is InChI=1S/C21H26N2O3S/c1-5-18(15-9-11-17(25-4)12-10-15)22-21(27)23-19-13-16(8-7-14(19)3)20(24)26-6-2/h7-13,18H,5-6H2,1-4H3,(H2,22,23,27). The van der Waals surface area contributed by atoms with E-state index in [9.17, 15) is 4.79 Å². The molecule has 6 heteroatoms. The van der Waals surface area contributed by atoms with E-state index in [1.807, 2.05) is 37.3 Å². The summed E-state index contributed by atoms with van der Waals surface area (Å²) in [6.07, 6.45) is 0.871. The number of nitrogens with one attached hydrogen (secondary N) is 2. The molecule has 0 spiro atoms. The summed E-state index contributed by atoms with van der Waals surface area (Å²) in [5.41, 5.74) is 3.39. The zero-order chi connectivity index (χ0) is 19.8. The number of anilines is 1. The molecule has 0 aliphatic heterocycles. The number of carbonyl (C=O) groups is 1. The maximum Gasteiger partial charge on any atom is 0.338 e. The van der Waals surface area contributed by atoms with Crippen molar-refractivity contribution in [3.05, 3.63) is 59.2 Å². The number of aryl methyl sites for hydroxylation is 1. The van der Waals surface area contributed by atoms with Gasteiger partial charge in [-0.05, 0) is 67.9 Å². The number of hydrogen-bond donors (Lipinski definition) is 2. The molecule has 0 fully saturated rings. The lowest BCUT2D eigenvalue weighted by atomic mass is 10.0. The lowest BCUT2D eigenvalue weighted by molar-refractivity contribution is 0.0526. The van der Waals surface area contributed by atoms with Gasteiger partial charge in [-0.15, -0.1) is 0 Å². The Kier molecular flexibility index (Phi) is 7.61. The third-order valence-electron chi connectivity index (χ3n) is 4.23. The van der Waals surface area contributed by atoms with Crippen molar-refractivity contribution in [2.45, 2.75) is 33.2 Å². The summed E-state index contributed by atoms with van der Waals surface area (Å²) in [6, 6.07) is 13.4. The monoisotopic (exact) mass is 386 g/mol. The van der Waals surface area contributed by atoms with Crippen LogP contribution < -0.4 is 15.4 Å². The summed E-state index contributed by atoms with van der Waals surface area (Å²) in [5, 5.41) is 7.03. The Balaban J connectivity index is 2.09. The van der Waals surface area contributed by atoms with Crippen molar-refractivity contribution in [1.82, 2.24) is 5.32 Å². The molecule has 0 heterocycles. The van der Waals surface area contributed by atoms with Gasteiger partial charge in [-0.25, -0.2) is 4.79 Å². The number of benzene rings is 2. The molecule has 1 atom stereocenters. The maximum absolute atomic E-state index is 11.9. The zero-order valence-corrected chi connectivity index (χ0v) is 17.0. The van der Waals surface area contributed by atoms with Gasteiger partial charge in [0, 0.05) is 5.69 Å². The van der Waals surface area contributed by atoms with Gasteiger partial charge in [-0.2, -0.15) is 0 Å². The molecular weight excluding hydrogens is 360 g/mol. The number of thiocarbonyl (C=S) groups is 1. The van der Waals surface area contributed by atoms with Crippen LogP contribution in [0.5, 0.6) is 5.75 Å². The molecule has 2 aromatic carbocycles. The van der Waals surface area contributed by atoms with Crippen LogP contribution in [0.3, 0.4) is 0 Å². The van der Waals surface area contributed by atoms with Crippen LogP contribution in [0.1, 0.15) is 47.8 Å². The first-order chi connectivity index (χ1) is 13.0. The van der Waals surface area contributed by atoms with Crippen LogP contribution in [-0.4, -0.2) is 24.8 Å². The molecule has 0 aromatic heterocycles. The topological polar surface area (TPSA) is 59.6 Å². The van der Waals surface area contributed by atoms with Gasteiger partial charge in [-0.3, -0.25) is 0 Å². The lowest BCUT2D eigenvalue weighted by Crippen LogP contribution is -2.32. The average molecular weight is 387 g/mol. The fraction of sp³-hybridized carbons (Fsp3) is 0.333. The van der Waals surface area contributed by atoms with Gasteiger partial charge < -0.3 is 20.1 Å². The largest absolute Gasteiger partial charge is 0.497 e. The molecule has 5 nitrogen and oxygen atoms in total. The maximum atomic E-state index is 11.9. The second-order valence-electron chi connectivity index (χ2n) is 6.08. The van der Waals surface area contributed by atoms with Crippen molar-refractivity contribution >= 4 is 29.0 Å². The molecule has 2 rings (SSSR count). The minimum absolute atomic E-state index is 0.0736. The molecule has 144 valence electrons. The van der Waals surface area contributed by atoms with Gasteiger partial charge in [0.25, 0.3) is 0 Å². The van der Waals surface area contributed by atoms with E-state index >= 15 is 0 Å². The van der Waals surface area contributed by atoms with E-state index in [1.165, 1.54) is 0 Å². The third kappa shape index (κ3) is 5.69. The van der Waals surface area contributed by atoms with Crippen molar-refractivity contribution in [1.29, 1.82) is 0 Å². The first kappa shape index (κ1) is 20.7. The second kappa shape index (κ2) is 9.92. The van der Waals surface area contributed by atoms with Crippen LogP contribution in [0.2, 0.25) is 0 Å². The van der Waals surface area contributed by atoms with E-state index in [0.717, 1.165) is 29.0 Å². The predicted molar refractivity (Wildman–Crippen MR) is 113 cm³/mol. The lowest BCUT2D eigenvalue weighted by Gasteiger charge is -2.21. The number of hydrogen-bond acceptors (Lipinski definition) is 4. The Hall–Kier alpha value is -2.60. The van der Waals surface area contributed by atoms with Gasteiger partial charge in [0.05, 0.1) is 25.3 Å². The first-order valence-corrected chi connectivity index (χ1v) is 9.38. The van der Waals surface area contributed by atoms with Gasteiger partial charge in [0.2, 0.25) is 0 Å². The highest BCUT2D eigenvalue weighted by Crippen LogP contribution is 2.21. The number of carbonyl (C=O) groups excluding carboxylic acids is 1. The van der Waals surface area contributed by atoms with Gasteiger partial charge in [-0.1, -0.05) is 25.1 Å². The van der Waals surface area contributed by atoms with E-state index in [4.69, 9.17) is 21.7 Å². The smallest absolute Gasteiger partial charge is 0.338 e. The highest BCUT2D eigenvalue weighted by atomic mass is 32.1. The molecule has 0 bridgehead atoms. The van der Waals surface area contributed by atoms with Crippen molar-refractivity contribution < 1.29 is 14.3 Å². The third-order valence-corrected chi connectivity index (χ3v) is 4.45. The van der Waals surface area contributed by atoms with Crippen LogP contribution in [0.25, 0.3) is 0 Å². The Bertz CT molecular complexity index is 791. The van der Waals surface area contributed by atoms with Crippen molar-refractivity contribution in [3.8, 4) is 5.75 Å². The second-order valence-corrected chi connectivity index (χ2v) is 6.49. The molecule has 1 unspecified atom stereocenters. The van der Waals surface area contributed by atoms with E-state index in [2.05, 4.69) is 17.6 Å². The Labute approximate surface area is 166 Å². The van der Waals surface area contributed by atoms with Gasteiger partial charge in [0.15, 0.2) is 5.11 Å². The minimum atomic E-state index is -0.343. The molecule has 2 N–H and O–H groups in total. The summed E-state index contributed by atoms with van der Waals surface area (Å²) in [4.78, 5) is 11.9. The summed E-state index contributed by atoms with van der Waals surface area (Å²) in [6.45, 7) is 6.18. The van der Waals surface area contributed by atoms with Crippen LogP contribution in [0.4, 0.5) is 5.69 Å². The molecule has 0 amide bonds. The fourth-order valence-electron chi connectivity index (χ4n) is 2.67. The highest BCUT2D eigenvalue weighted by Gasteiger charge is 2.13. The molecular formula is C21H26N2O3S. The molecule has 0 saturated heterocycles. The van der Waals surface area contributed by atoms with E-state index in [-0.39, 0.29) is 12.0 Å². The van der Waals surface area contributed by atoms with Crippen molar-refractivity contribution in [3.63, 3.8) is 0 Å². The number of ether oxygens (including phenoxy) is 2. The van der Waals surface area contributed by atoms with E-state index < -0.39 is 0 Å². The summed E-state index contributed by atoms with van der Waals surface area (Å²) >= 11 is 5.48. The quantitative estimate of drug-likeness (QED) is 0.535. The Morgan fingerprint density at radius 1 is 1.15 bits per heavy atom. The van der Waals surface area contributed by atoms with Crippen LogP contribution in [0.15, 0.2) is 42.5 Å². The normalized spacial score (nSPS) is 11.4. The fourth-order valence-corrected chi connectivity index (χ4v) is 2.92. The van der Waals surface area contributed by atoms with Crippen LogP contribution in [-0.2, 0) is 4.74 Å². The van der Waals surface area contributed by atoms with Crippen LogP contribution >= 0.6 is 12.2 Å². The SMILES string of the molecule is CCOC(=O)c1ccc(C)c(NC(=S)NC(CC)c2ccc(OC)cc2)c1. The minimum Gasteiger partial charge on any atom is -0.497 e. The molecule has 0 aliphatic rings. The Morgan fingerprint density at radius 2 is 1.85 bits per heavy atom. The molecule has 0 saturated carbocycles. The van der Waals surface area contributed by atoms with E-state index in [0.29, 0.717) is 17.3 Å². The van der Waals surface area contributed by atoms with Crippen LogP contribution in [0, 0.1) is 6.92 Å². The number of esters is 1. The number of methoxy groups -OCH3 is 1.